The summed E-state index contributed by atoms with van der Waals surface area (Å²) in [4.78, 5) is 61.2. The van der Waals surface area contributed by atoms with Crippen LogP contribution in [0.3, 0.4) is 0 Å². The summed E-state index contributed by atoms with van der Waals surface area (Å²) in [5.74, 6) is 1.29. The van der Waals surface area contributed by atoms with Gasteiger partial charge >= 0.3 is 29.8 Å². The number of hydrogen-bond donors (Lipinski definition) is 5. The molecule has 100 heavy (non-hydrogen) atoms. The molecule has 5 saturated carbocycles. The maximum Gasteiger partial charge on any atom is 0.314 e. The van der Waals surface area contributed by atoms with Gasteiger partial charge in [0, 0.05) is 54.8 Å². The number of carbonyl (C=O) groups excluding carboxylic acids is 5. The Bertz CT molecular complexity index is 2780. The van der Waals surface area contributed by atoms with Crippen LogP contribution in [0.1, 0.15) is 195 Å². The molecule has 0 aromatic heterocycles. The summed E-state index contributed by atoms with van der Waals surface area (Å²) in [5.41, 5.74) is 0. The molecule has 0 unspecified atom stereocenters. The first-order valence-corrected chi connectivity index (χ1v) is 36.2. The summed E-state index contributed by atoms with van der Waals surface area (Å²) < 4.78 is 92.7. The fourth-order valence-electron chi connectivity index (χ4n) is 12.8. The van der Waals surface area contributed by atoms with E-state index < -0.39 is 29.1 Å². The van der Waals surface area contributed by atoms with E-state index in [0.29, 0.717) is 0 Å². The lowest BCUT2D eigenvalue weighted by Crippen LogP contribution is -2.25. The molecule has 0 saturated heterocycles. The van der Waals surface area contributed by atoms with Crippen molar-refractivity contribution in [3.8, 4) is 28.7 Å². The number of rotatable bonds is 15. The van der Waals surface area contributed by atoms with Crippen molar-refractivity contribution in [3.63, 3.8) is 0 Å². The Morgan fingerprint density at radius 3 is 0.510 bits per heavy atom. The summed E-state index contributed by atoms with van der Waals surface area (Å²) >= 11 is 19.7. The highest BCUT2D eigenvalue weighted by Crippen LogP contribution is 2.37. The van der Waals surface area contributed by atoms with Gasteiger partial charge in [0.15, 0.2) is 0 Å². The fourth-order valence-corrected chi connectivity index (χ4v) is 13.5. The number of hydrogen-bond acceptors (Lipinski definition) is 15. The average molecular weight is 1510 g/mol. The van der Waals surface area contributed by atoms with Crippen molar-refractivity contribution in [2.75, 3.05) is 0 Å². The Morgan fingerprint density at radius 2 is 0.400 bits per heavy atom. The zero-order valence-electron chi connectivity index (χ0n) is 57.4. The standard InChI is InChI=1S/5C15H19FO2S.5FH/c5*1-2-10-3-5-11(6-4-10)15(17)18-12-7-8-14(19)13(16)9-12;;;;;/h5*7-11,19H,2-6H2,1H3;5*1H. The predicted molar refractivity (Wildman–Crippen MR) is 388 cm³/mol. The molecule has 5 aromatic rings. The van der Waals surface area contributed by atoms with Gasteiger partial charge in [0.1, 0.15) is 57.8 Å². The summed E-state index contributed by atoms with van der Waals surface area (Å²) in [6.45, 7) is 10.9. The van der Waals surface area contributed by atoms with Crippen molar-refractivity contribution in [1.82, 2.24) is 0 Å². The molecule has 10 rings (SSSR count). The lowest BCUT2D eigenvalue weighted by molar-refractivity contribution is -0.141. The Hall–Kier alpha value is -5.50. The third kappa shape index (κ3) is 30.4. The second-order valence-electron chi connectivity index (χ2n) is 25.8. The highest BCUT2D eigenvalue weighted by atomic mass is 32.1. The summed E-state index contributed by atoms with van der Waals surface area (Å²) in [6, 6.07) is 21.4. The number of carbonyl (C=O) groups is 5. The monoisotopic (exact) mass is 1510 g/mol. The van der Waals surface area contributed by atoms with Gasteiger partial charge in [-0.15, -0.1) is 63.1 Å². The van der Waals surface area contributed by atoms with Crippen LogP contribution in [-0.4, -0.2) is 29.8 Å². The normalized spacial score (nSPS) is 21.9. The van der Waals surface area contributed by atoms with Crippen molar-refractivity contribution in [2.45, 2.75) is 220 Å². The van der Waals surface area contributed by atoms with E-state index in [1.165, 1.54) is 92.8 Å². The van der Waals surface area contributed by atoms with Gasteiger partial charge in [0.05, 0.1) is 29.6 Å². The average Bonchev–Trinajstić information content (AvgIpc) is 0.886. The molecule has 5 fully saturated rings. The molecule has 0 radical (unpaired) electrons. The fraction of sp³-hybridized carbons (Fsp3) is 0.533. The zero-order valence-corrected chi connectivity index (χ0v) is 61.8. The summed E-state index contributed by atoms with van der Waals surface area (Å²) in [7, 11) is 0. The first kappa shape index (κ1) is 92.5. The van der Waals surface area contributed by atoms with Crippen molar-refractivity contribution in [1.29, 1.82) is 0 Å². The number of benzene rings is 5. The van der Waals surface area contributed by atoms with Crippen LogP contribution in [0.2, 0.25) is 0 Å². The molecular formula is C75H100F10O10S5. The second-order valence-corrected chi connectivity index (χ2v) is 28.2. The minimum atomic E-state index is -0.469. The first-order valence-electron chi connectivity index (χ1n) is 34.0. The first-order chi connectivity index (χ1) is 45.5. The lowest BCUT2D eigenvalue weighted by atomic mass is 9.81. The minimum Gasteiger partial charge on any atom is -0.426 e. The second kappa shape index (κ2) is 47.7. The van der Waals surface area contributed by atoms with E-state index in [4.69, 9.17) is 23.7 Å². The van der Waals surface area contributed by atoms with E-state index in [-0.39, 0.29) is 136 Å². The van der Waals surface area contributed by atoms with Crippen LogP contribution < -0.4 is 23.7 Å². The van der Waals surface area contributed by atoms with Crippen LogP contribution in [0.25, 0.3) is 0 Å². The number of ether oxygens (including phenoxy) is 5. The number of halogens is 10. The number of thiol groups is 5. The molecule has 5 aromatic carbocycles. The van der Waals surface area contributed by atoms with Crippen LogP contribution in [-0.2, 0) is 24.0 Å². The molecule has 5 aliphatic rings. The minimum absolute atomic E-state index is 0. The Balaban J connectivity index is 0.000000617. The van der Waals surface area contributed by atoms with Gasteiger partial charge in [0.2, 0.25) is 0 Å². The van der Waals surface area contributed by atoms with Gasteiger partial charge in [-0.05, 0) is 219 Å². The Labute approximate surface area is 610 Å². The lowest BCUT2D eigenvalue weighted by Gasteiger charge is -2.26. The smallest absolute Gasteiger partial charge is 0.314 e. The maximum atomic E-state index is 13.3. The van der Waals surface area contributed by atoms with E-state index >= 15 is 0 Å². The van der Waals surface area contributed by atoms with Crippen molar-refractivity contribution in [3.05, 3.63) is 120 Å². The van der Waals surface area contributed by atoms with Crippen LogP contribution in [0.5, 0.6) is 28.7 Å². The quantitative estimate of drug-likeness (QED) is 0.0299. The molecule has 560 valence electrons. The number of esters is 5. The Kier molecular flexibility index (Phi) is 44.1. The van der Waals surface area contributed by atoms with E-state index in [9.17, 15) is 45.9 Å². The van der Waals surface area contributed by atoms with Crippen LogP contribution in [0, 0.1) is 88.3 Å². The van der Waals surface area contributed by atoms with E-state index in [2.05, 4.69) is 97.8 Å². The molecule has 0 heterocycles. The van der Waals surface area contributed by atoms with Gasteiger partial charge in [-0.1, -0.05) is 66.7 Å². The van der Waals surface area contributed by atoms with E-state index in [1.807, 2.05) is 0 Å². The summed E-state index contributed by atoms with van der Waals surface area (Å²) in [5, 5.41) is 0. The van der Waals surface area contributed by atoms with Gasteiger partial charge in [-0.3, -0.25) is 47.5 Å². The van der Waals surface area contributed by atoms with Crippen LogP contribution >= 0.6 is 63.1 Å². The summed E-state index contributed by atoms with van der Waals surface area (Å²) in [6.07, 6.45) is 25.5. The largest absolute Gasteiger partial charge is 0.426 e. The van der Waals surface area contributed by atoms with Gasteiger partial charge in [-0.2, -0.15) is 0 Å². The molecular weight excluding hydrogens is 1410 g/mol. The van der Waals surface area contributed by atoms with Gasteiger partial charge < -0.3 is 23.7 Å². The van der Waals surface area contributed by atoms with E-state index in [1.54, 1.807) is 30.3 Å². The van der Waals surface area contributed by atoms with Crippen molar-refractivity contribution >= 4 is 93.0 Å². The van der Waals surface area contributed by atoms with Gasteiger partial charge in [0.25, 0.3) is 0 Å². The highest BCUT2D eigenvalue weighted by molar-refractivity contribution is 7.81. The van der Waals surface area contributed by atoms with E-state index in [0.717, 1.165) is 158 Å². The molecule has 0 aliphatic heterocycles. The molecule has 0 spiro atoms. The Morgan fingerprint density at radius 1 is 0.270 bits per heavy atom. The zero-order chi connectivity index (χ0) is 69.1. The third-order valence-corrected chi connectivity index (χ3v) is 21.3. The molecule has 0 amide bonds. The molecule has 0 atom stereocenters. The highest BCUT2D eigenvalue weighted by Gasteiger charge is 2.32. The maximum absolute atomic E-state index is 13.3. The van der Waals surface area contributed by atoms with Crippen LogP contribution in [0.15, 0.2) is 115 Å². The molecule has 10 nitrogen and oxygen atoms in total. The molecule has 0 bridgehead atoms. The third-order valence-electron chi connectivity index (χ3n) is 19.5. The molecule has 25 heteroatoms. The van der Waals surface area contributed by atoms with Crippen molar-refractivity contribution < 1.29 is 93.1 Å². The van der Waals surface area contributed by atoms with Gasteiger partial charge in [-0.25, -0.2) is 22.0 Å². The van der Waals surface area contributed by atoms with Crippen LogP contribution in [0.4, 0.5) is 45.5 Å². The van der Waals surface area contributed by atoms with Crippen molar-refractivity contribution in [2.24, 2.45) is 59.2 Å². The predicted octanol–water partition coefficient (Wildman–Crippen LogP) is 21.9. The SMILES string of the molecule is CCC1CCC(C(=O)Oc2ccc(S)c(F)c2)CC1.CCC1CCC(C(=O)Oc2ccc(S)c(F)c2)CC1.CCC1CCC(C(=O)Oc2ccc(S)c(F)c2)CC1.CCC1CCC(C(=O)Oc2ccc(S)c(F)c2)CC1.CCC1CCC(C(=O)Oc2ccc(S)c(F)c2)CC1.F.F.F.F.F. The molecule has 5 aliphatic carbocycles. The topological polar surface area (TPSA) is 132 Å². The molecule has 0 N–H and O–H groups in total.